The van der Waals surface area contributed by atoms with Gasteiger partial charge in [-0.15, -0.1) is 5.10 Å². The van der Waals surface area contributed by atoms with Gasteiger partial charge in [-0.05, 0) is 48.9 Å². The van der Waals surface area contributed by atoms with Gasteiger partial charge in [-0.2, -0.15) is 0 Å². The number of nitrogens with zero attached hydrogens (tertiary/aromatic N) is 6. The van der Waals surface area contributed by atoms with Crippen LogP contribution < -0.4 is 0 Å². The van der Waals surface area contributed by atoms with Crippen LogP contribution in [0.2, 0.25) is 0 Å². The summed E-state index contributed by atoms with van der Waals surface area (Å²) in [5.41, 5.74) is 4.38. The summed E-state index contributed by atoms with van der Waals surface area (Å²) >= 11 is 3.47. The molecule has 0 radical (unpaired) electrons. The molecule has 0 spiro atoms. The highest BCUT2D eigenvalue weighted by atomic mass is 79.9. The fourth-order valence-corrected chi connectivity index (χ4v) is 5.60. The molecule has 2 amide bonds. The first-order valence-corrected chi connectivity index (χ1v) is 13.7. The molecule has 2 aromatic heterocycles. The second-order valence-electron chi connectivity index (χ2n) is 9.89. The summed E-state index contributed by atoms with van der Waals surface area (Å²) in [7, 11) is 0. The lowest BCUT2D eigenvalue weighted by Gasteiger charge is -2.34. The van der Waals surface area contributed by atoms with Gasteiger partial charge in [0, 0.05) is 34.0 Å². The fraction of sp³-hybridized carbons (Fsp3) is 0.200. The number of carbonyl (C=O) groups is 2. The minimum absolute atomic E-state index is 0.0417. The summed E-state index contributed by atoms with van der Waals surface area (Å²) in [5.74, 6) is -0.738. The Morgan fingerprint density at radius 1 is 1.00 bits per heavy atom. The zero-order chi connectivity index (χ0) is 27.8. The summed E-state index contributed by atoms with van der Waals surface area (Å²) in [5, 5.41) is 9.39. The Labute approximate surface area is 238 Å². The van der Waals surface area contributed by atoms with Crippen molar-refractivity contribution < 1.29 is 14.0 Å². The van der Waals surface area contributed by atoms with Gasteiger partial charge in [0.25, 0.3) is 5.91 Å². The monoisotopic (exact) mass is 600 g/mol. The number of piperazine rings is 1. The smallest absolute Gasteiger partial charge is 0.271 e. The summed E-state index contributed by atoms with van der Waals surface area (Å²) < 4.78 is 19.0. The number of aromatic nitrogens is 4. The Bertz CT molecular complexity index is 1750. The van der Waals surface area contributed by atoms with Crippen LogP contribution in [0.3, 0.4) is 0 Å². The van der Waals surface area contributed by atoms with Crippen molar-refractivity contribution in [2.75, 3.05) is 19.6 Å². The quantitative estimate of drug-likeness (QED) is 0.276. The number of hydrogen-bond acceptors (Lipinski definition) is 4. The Morgan fingerprint density at radius 2 is 1.80 bits per heavy atom. The number of halogens is 2. The van der Waals surface area contributed by atoms with Crippen LogP contribution in [0, 0.1) is 12.7 Å². The molecule has 1 aliphatic rings. The van der Waals surface area contributed by atoms with Gasteiger partial charge >= 0.3 is 0 Å². The lowest BCUT2D eigenvalue weighted by molar-refractivity contribution is -0.135. The molecule has 1 fully saturated rings. The fourth-order valence-electron chi connectivity index (χ4n) is 5.13. The molecule has 1 aliphatic heterocycles. The Morgan fingerprint density at radius 3 is 2.60 bits per heavy atom. The molecule has 40 heavy (non-hydrogen) atoms. The molecular weight excluding hydrogens is 575 g/mol. The van der Waals surface area contributed by atoms with Crippen LogP contribution in [-0.2, 0) is 17.9 Å². The number of amides is 2. The number of hydrogen-bond donors (Lipinski definition) is 0. The number of aryl methyl sites for hydroxylation is 1. The van der Waals surface area contributed by atoms with Crippen molar-refractivity contribution in [3.05, 3.63) is 112 Å². The van der Waals surface area contributed by atoms with Crippen molar-refractivity contribution in [1.82, 2.24) is 29.4 Å². The molecular formula is C30H26BrFN6O2. The Balaban J connectivity index is 1.18. The van der Waals surface area contributed by atoms with Crippen LogP contribution in [0.15, 0.2) is 83.5 Å². The van der Waals surface area contributed by atoms with E-state index in [1.807, 2.05) is 66.2 Å². The third-order valence-corrected chi connectivity index (χ3v) is 7.71. The van der Waals surface area contributed by atoms with Crippen molar-refractivity contribution in [3.63, 3.8) is 0 Å². The third kappa shape index (κ3) is 5.02. The van der Waals surface area contributed by atoms with Crippen molar-refractivity contribution in [2.24, 2.45) is 0 Å². The molecule has 0 atom stereocenters. The van der Waals surface area contributed by atoms with Crippen LogP contribution in [-0.4, -0.2) is 60.8 Å². The molecule has 3 aromatic carbocycles. The van der Waals surface area contributed by atoms with E-state index >= 15 is 0 Å². The number of rotatable bonds is 6. The van der Waals surface area contributed by atoms with Crippen molar-refractivity contribution in [3.8, 4) is 5.69 Å². The molecule has 8 nitrogen and oxygen atoms in total. The van der Waals surface area contributed by atoms with Crippen LogP contribution in [0.1, 0.15) is 27.3 Å². The summed E-state index contributed by atoms with van der Waals surface area (Å²) in [6.07, 6.45) is 1.82. The molecule has 0 bridgehead atoms. The number of fused-ring (bicyclic) bond motifs is 1. The molecule has 0 N–H and O–H groups in total. The van der Waals surface area contributed by atoms with Crippen LogP contribution >= 0.6 is 15.9 Å². The van der Waals surface area contributed by atoms with E-state index in [1.165, 1.54) is 6.07 Å². The maximum Gasteiger partial charge on any atom is 0.271 e. The van der Waals surface area contributed by atoms with Gasteiger partial charge in [0.1, 0.15) is 23.7 Å². The summed E-state index contributed by atoms with van der Waals surface area (Å²) in [4.78, 5) is 30.1. The van der Waals surface area contributed by atoms with E-state index in [4.69, 9.17) is 0 Å². The van der Waals surface area contributed by atoms with Gasteiger partial charge < -0.3 is 14.4 Å². The van der Waals surface area contributed by atoms with E-state index < -0.39 is 0 Å². The van der Waals surface area contributed by atoms with E-state index in [1.54, 1.807) is 32.7 Å². The standard InChI is InChI=1S/C30H26BrFN6O2/c1-20-14-23(31)10-11-26(20)38-18-24(33-34-38)17-35-12-13-36(19-29(35)39)30(40)28-15-21-6-3-5-9-27(21)37(28)16-22-7-2-4-8-25(22)32/h2-11,14-15,18H,12-13,16-17,19H2,1H3. The average Bonchev–Trinajstić information content (AvgIpc) is 3.55. The summed E-state index contributed by atoms with van der Waals surface area (Å²) in [6.45, 7) is 3.23. The maximum atomic E-state index is 14.5. The molecule has 0 saturated carbocycles. The first-order valence-electron chi connectivity index (χ1n) is 12.9. The van der Waals surface area contributed by atoms with Crippen LogP contribution in [0.4, 0.5) is 4.39 Å². The minimum Gasteiger partial charge on any atom is -0.333 e. The molecule has 10 heteroatoms. The number of carbonyl (C=O) groups excluding carboxylic acids is 2. The highest BCUT2D eigenvalue weighted by Crippen LogP contribution is 2.24. The second-order valence-corrected chi connectivity index (χ2v) is 10.8. The van der Waals surface area contributed by atoms with Crippen LogP contribution in [0.25, 0.3) is 16.6 Å². The van der Waals surface area contributed by atoms with Gasteiger partial charge in [0.2, 0.25) is 5.91 Å². The lowest BCUT2D eigenvalue weighted by atomic mass is 10.2. The molecule has 0 aliphatic carbocycles. The third-order valence-electron chi connectivity index (χ3n) is 7.22. The number of benzene rings is 3. The maximum absolute atomic E-state index is 14.5. The predicted molar refractivity (Wildman–Crippen MR) is 153 cm³/mol. The van der Waals surface area contributed by atoms with Gasteiger partial charge in [-0.3, -0.25) is 9.59 Å². The normalized spacial score (nSPS) is 13.8. The zero-order valence-corrected chi connectivity index (χ0v) is 23.4. The molecule has 1 saturated heterocycles. The van der Waals surface area contributed by atoms with E-state index in [2.05, 4.69) is 26.2 Å². The molecule has 0 unspecified atom stereocenters. The molecule has 5 aromatic rings. The molecule has 202 valence electrons. The topological polar surface area (TPSA) is 76.3 Å². The van der Waals surface area contributed by atoms with E-state index in [0.717, 1.165) is 26.6 Å². The SMILES string of the molecule is Cc1cc(Br)ccc1-n1cc(CN2CCN(C(=O)c3cc4ccccc4n3Cc3ccccc3F)CC2=O)nn1. The van der Waals surface area contributed by atoms with E-state index in [0.29, 0.717) is 36.6 Å². The van der Waals surface area contributed by atoms with E-state index in [-0.39, 0.29) is 30.7 Å². The zero-order valence-electron chi connectivity index (χ0n) is 21.8. The lowest BCUT2D eigenvalue weighted by Crippen LogP contribution is -2.52. The molecule has 6 rings (SSSR count). The number of para-hydroxylation sites is 1. The van der Waals surface area contributed by atoms with Gasteiger partial charge in [0.05, 0.1) is 25.0 Å². The highest BCUT2D eigenvalue weighted by molar-refractivity contribution is 9.10. The first kappa shape index (κ1) is 25.9. The van der Waals surface area contributed by atoms with Gasteiger partial charge in [-0.1, -0.05) is 57.5 Å². The van der Waals surface area contributed by atoms with Crippen LogP contribution in [0.5, 0.6) is 0 Å². The minimum atomic E-state index is -0.324. The van der Waals surface area contributed by atoms with Crippen molar-refractivity contribution in [1.29, 1.82) is 0 Å². The average molecular weight is 601 g/mol. The predicted octanol–water partition coefficient (Wildman–Crippen LogP) is 4.96. The van der Waals surface area contributed by atoms with Crippen molar-refractivity contribution >= 4 is 38.6 Å². The van der Waals surface area contributed by atoms with E-state index in [9.17, 15) is 14.0 Å². The Hall–Kier alpha value is -4.31. The summed E-state index contributed by atoms with van der Waals surface area (Å²) in [6, 6.07) is 21.9. The molecule has 3 heterocycles. The highest BCUT2D eigenvalue weighted by Gasteiger charge is 2.30. The first-order chi connectivity index (χ1) is 19.4. The van der Waals surface area contributed by atoms with Crippen molar-refractivity contribution in [2.45, 2.75) is 20.0 Å². The Kier molecular flexibility index (Phi) is 6.93. The largest absolute Gasteiger partial charge is 0.333 e. The second kappa shape index (κ2) is 10.7. The van der Waals surface area contributed by atoms with Gasteiger partial charge in [0.15, 0.2) is 0 Å². The van der Waals surface area contributed by atoms with Gasteiger partial charge in [-0.25, -0.2) is 9.07 Å².